The molecule has 1 aromatic carbocycles. The SMILES string of the molecule is CC(=O)c1[nH]c2ccccc2c1/C(N)=C/N(N)C[C@H]1CCN(CCN)C1. The van der Waals surface area contributed by atoms with Crippen molar-refractivity contribution in [1.29, 1.82) is 0 Å². The standard InChI is InChI=1S/C19H28N6O/c1-13(26)19-18(15-4-2-3-5-17(15)23-19)16(21)12-25(22)11-14-6-8-24(10-14)9-7-20/h2-5,12,14,23H,6-11,20-22H2,1H3/b16-12-/t14-/m0/s1. The molecule has 26 heavy (non-hydrogen) atoms. The lowest BCUT2D eigenvalue weighted by atomic mass is 10.1. The number of Topliss-reactive ketones (excluding diaryl/α,β-unsaturated/α-hetero) is 1. The van der Waals surface area contributed by atoms with Crippen LogP contribution in [0.2, 0.25) is 0 Å². The number of H-pyrrole nitrogens is 1. The van der Waals surface area contributed by atoms with Gasteiger partial charge in [-0.2, -0.15) is 0 Å². The zero-order valence-electron chi connectivity index (χ0n) is 15.2. The molecule has 2 heterocycles. The molecule has 1 atom stereocenters. The number of carbonyl (C=O) groups is 1. The molecule has 2 aromatic rings. The van der Waals surface area contributed by atoms with Gasteiger partial charge in [-0.25, -0.2) is 5.84 Å². The van der Waals surface area contributed by atoms with E-state index in [4.69, 9.17) is 17.3 Å². The number of nitrogens with one attached hydrogen (secondary N) is 1. The third-order valence-corrected chi connectivity index (χ3v) is 4.94. The predicted molar refractivity (Wildman–Crippen MR) is 105 cm³/mol. The van der Waals surface area contributed by atoms with E-state index in [0.29, 0.717) is 23.9 Å². The number of carbonyl (C=O) groups excluding carboxylic acids is 1. The number of para-hydroxylation sites is 1. The second kappa shape index (κ2) is 7.90. The van der Waals surface area contributed by atoms with E-state index in [9.17, 15) is 4.79 Å². The van der Waals surface area contributed by atoms with Crippen LogP contribution >= 0.6 is 0 Å². The Morgan fingerprint density at radius 3 is 2.92 bits per heavy atom. The van der Waals surface area contributed by atoms with E-state index >= 15 is 0 Å². The van der Waals surface area contributed by atoms with Crippen molar-refractivity contribution >= 4 is 22.4 Å². The molecule has 7 nitrogen and oxygen atoms in total. The predicted octanol–water partition coefficient (Wildman–Crippen LogP) is 1.08. The topological polar surface area (TPSA) is 117 Å². The molecule has 0 bridgehead atoms. The molecule has 0 unspecified atom stereocenters. The van der Waals surface area contributed by atoms with Crippen LogP contribution in [0.25, 0.3) is 16.6 Å². The molecule has 7 heteroatoms. The fourth-order valence-electron chi connectivity index (χ4n) is 3.75. The van der Waals surface area contributed by atoms with Gasteiger partial charge in [0.25, 0.3) is 0 Å². The van der Waals surface area contributed by atoms with Gasteiger partial charge in [-0.1, -0.05) is 18.2 Å². The van der Waals surface area contributed by atoms with Crippen LogP contribution in [0, 0.1) is 5.92 Å². The van der Waals surface area contributed by atoms with Crippen molar-refractivity contribution in [2.45, 2.75) is 13.3 Å². The summed E-state index contributed by atoms with van der Waals surface area (Å²) in [6.45, 7) is 5.93. The second-order valence-electron chi connectivity index (χ2n) is 7.00. The van der Waals surface area contributed by atoms with Gasteiger partial charge in [0.15, 0.2) is 5.78 Å². The highest BCUT2D eigenvalue weighted by Crippen LogP contribution is 2.27. The number of fused-ring (bicyclic) bond motifs is 1. The molecule has 1 fully saturated rings. The summed E-state index contributed by atoms with van der Waals surface area (Å²) in [6, 6.07) is 7.75. The monoisotopic (exact) mass is 356 g/mol. The lowest BCUT2D eigenvalue weighted by Crippen LogP contribution is -2.34. The first-order chi connectivity index (χ1) is 12.5. The average molecular weight is 356 g/mol. The minimum atomic E-state index is -0.0515. The summed E-state index contributed by atoms with van der Waals surface area (Å²) < 4.78 is 0. The normalized spacial score (nSPS) is 18.6. The summed E-state index contributed by atoms with van der Waals surface area (Å²) in [6.07, 6.45) is 2.83. The van der Waals surface area contributed by atoms with Crippen molar-refractivity contribution in [3.8, 4) is 0 Å². The maximum absolute atomic E-state index is 12.0. The number of aromatic nitrogens is 1. The van der Waals surface area contributed by atoms with Crippen molar-refractivity contribution in [3.05, 3.63) is 41.7 Å². The van der Waals surface area contributed by atoms with Crippen molar-refractivity contribution in [1.82, 2.24) is 14.9 Å². The Bertz CT molecular complexity index is 811. The highest BCUT2D eigenvalue weighted by molar-refractivity contribution is 6.06. The van der Waals surface area contributed by atoms with E-state index in [1.54, 1.807) is 11.2 Å². The van der Waals surface area contributed by atoms with E-state index in [1.165, 1.54) is 6.92 Å². The zero-order chi connectivity index (χ0) is 18.7. The Kier molecular flexibility index (Phi) is 5.61. The molecular weight excluding hydrogens is 328 g/mol. The van der Waals surface area contributed by atoms with Crippen molar-refractivity contribution in [2.75, 3.05) is 32.7 Å². The molecule has 0 saturated carbocycles. The first kappa shape index (κ1) is 18.4. The summed E-state index contributed by atoms with van der Waals surface area (Å²) in [4.78, 5) is 17.6. The average Bonchev–Trinajstić information content (AvgIpc) is 3.19. The van der Waals surface area contributed by atoms with Crippen LogP contribution < -0.4 is 17.3 Å². The second-order valence-corrected chi connectivity index (χ2v) is 7.00. The molecule has 0 radical (unpaired) electrons. The largest absolute Gasteiger partial charge is 0.397 e. The minimum absolute atomic E-state index is 0.0515. The van der Waals surface area contributed by atoms with Crippen LogP contribution in [-0.2, 0) is 0 Å². The van der Waals surface area contributed by atoms with Gasteiger partial charge in [-0.3, -0.25) is 4.79 Å². The Hall–Kier alpha value is -2.35. The quantitative estimate of drug-likeness (QED) is 0.335. The van der Waals surface area contributed by atoms with Crippen LogP contribution in [0.3, 0.4) is 0 Å². The first-order valence-corrected chi connectivity index (χ1v) is 9.02. The number of rotatable bonds is 7. The van der Waals surface area contributed by atoms with Crippen molar-refractivity contribution in [2.24, 2.45) is 23.2 Å². The Morgan fingerprint density at radius 1 is 1.42 bits per heavy atom. The number of hydrogen-bond donors (Lipinski definition) is 4. The van der Waals surface area contributed by atoms with Crippen LogP contribution in [0.4, 0.5) is 0 Å². The van der Waals surface area contributed by atoms with Gasteiger partial charge in [-0.15, -0.1) is 0 Å². The van der Waals surface area contributed by atoms with Crippen LogP contribution in [0.5, 0.6) is 0 Å². The Balaban J connectivity index is 1.78. The Morgan fingerprint density at radius 2 is 2.19 bits per heavy atom. The smallest absolute Gasteiger partial charge is 0.176 e. The Labute approximate surface area is 153 Å². The summed E-state index contributed by atoms with van der Waals surface area (Å²) in [7, 11) is 0. The fourth-order valence-corrected chi connectivity index (χ4v) is 3.75. The van der Waals surface area contributed by atoms with Crippen LogP contribution in [0.1, 0.15) is 29.4 Å². The van der Waals surface area contributed by atoms with Crippen LogP contribution in [0.15, 0.2) is 30.5 Å². The van der Waals surface area contributed by atoms with Gasteiger partial charge >= 0.3 is 0 Å². The molecule has 0 aliphatic carbocycles. The number of nitrogens with zero attached hydrogens (tertiary/aromatic N) is 2. The summed E-state index contributed by atoms with van der Waals surface area (Å²) in [5.74, 6) is 6.63. The molecule has 1 saturated heterocycles. The highest BCUT2D eigenvalue weighted by atomic mass is 16.1. The summed E-state index contributed by atoms with van der Waals surface area (Å²) in [5.41, 5.74) is 14.6. The fraction of sp³-hybridized carbons (Fsp3) is 0.421. The molecule has 1 aromatic heterocycles. The van der Waals surface area contributed by atoms with E-state index in [0.717, 1.165) is 49.1 Å². The molecular formula is C19H28N6O. The van der Waals surface area contributed by atoms with Gasteiger partial charge in [0.05, 0.1) is 11.4 Å². The third kappa shape index (κ3) is 3.90. The van der Waals surface area contributed by atoms with Crippen molar-refractivity contribution < 1.29 is 4.79 Å². The number of likely N-dealkylation sites (tertiary alicyclic amines) is 1. The third-order valence-electron chi connectivity index (χ3n) is 4.94. The summed E-state index contributed by atoms with van der Waals surface area (Å²) in [5, 5.41) is 2.56. The van der Waals surface area contributed by atoms with Gasteiger partial charge in [0.1, 0.15) is 0 Å². The van der Waals surface area contributed by atoms with Gasteiger partial charge in [0, 0.05) is 55.8 Å². The van der Waals surface area contributed by atoms with Gasteiger partial charge < -0.3 is 26.4 Å². The number of aromatic amines is 1. The molecule has 7 N–H and O–H groups in total. The number of hydrazine groups is 1. The van der Waals surface area contributed by atoms with E-state index in [-0.39, 0.29) is 5.78 Å². The van der Waals surface area contributed by atoms with Crippen LogP contribution in [-0.4, -0.2) is 53.4 Å². The molecule has 0 amide bonds. The molecule has 1 aliphatic rings. The number of nitrogens with two attached hydrogens (primary N) is 3. The van der Waals surface area contributed by atoms with E-state index in [2.05, 4.69) is 9.88 Å². The summed E-state index contributed by atoms with van der Waals surface area (Å²) >= 11 is 0. The molecule has 140 valence electrons. The van der Waals surface area contributed by atoms with Gasteiger partial charge in [0.2, 0.25) is 0 Å². The number of benzene rings is 1. The minimum Gasteiger partial charge on any atom is -0.397 e. The zero-order valence-corrected chi connectivity index (χ0v) is 15.2. The first-order valence-electron chi connectivity index (χ1n) is 9.02. The van der Waals surface area contributed by atoms with Crippen molar-refractivity contribution in [3.63, 3.8) is 0 Å². The van der Waals surface area contributed by atoms with E-state index < -0.39 is 0 Å². The molecule has 1 aliphatic heterocycles. The highest BCUT2D eigenvalue weighted by Gasteiger charge is 2.23. The van der Waals surface area contributed by atoms with E-state index in [1.807, 2.05) is 24.3 Å². The molecule has 3 rings (SSSR count). The molecule has 0 spiro atoms. The maximum Gasteiger partial charge on any atom is 0.176 e. The number of hydrogen-bond acceptors (Lipinski definition) is 6. The maximum atomic E-state index is 12.0. The lowest BCUT2D eigenvalue weighted by molar-refractivity contribution is 0.101. The lowest BCUT2D eigenvalue weighted by Gasteiger charge is -2.20. The van der Waals surface area contributed by atoms with Gasteiger partial charge in [-0.05, 0) is 24.9 Å². The number of ketones is 1.